The molecule has 0 radical (unpaired) electrons. The van der Waals surface area contributed by atoms with Crippen LogP contribution in [0.4, 0.5) is 0 Å². The predicted octanol–water partition coefficient (Wildman–Crippen LogP) is 3.56. The molecule has 0 aliphatic carbocycles. The first-order valence-electron chi connectivity index (χ1n) is 8.34. The first-order chi connectivity index (χ1) is 12.2. The van der Waals surface area contributed by atoms with Gasteiger partial charge >= 0.3 is 0 Å². The Morgan fingerprint density at radius 1 is 1.12 bits per heavy atom. The number of benzene rings is 1. The quantitative estimate of drug-likeness (QED) is 0.615. The van der Waals surface area contributed by atoms with Gasteiger partial charge in [-0.2, -0.15) is 0 Å². The van der Waals surface area contributed by atoms with Gasteiger partial charge in [-0.15, -0.1) is 0 Å². The standard InChI is InChI=1S/C20H22N2O3/c1-15(23)16-5-7-17(8-6-16)19-10-9-18(25-19)14-21-12-13-24-20-4-2-3-11-22-20/h2-11,15,21,23H,12-14H2,1H3/t15-/m0/s1. The highest BCUT2D eigenvalue weighted by Gasteiger charge is 2.06. The molecule has 5 heteroatoms. The number of furan rings is 1. The Bertz CT molecular complexity index is 767. The van der Waals surface area contributed by atoms with E-state index in [1.165, 1.54) is 0 Å². The van der Waals surface area contributed by atoms with Crippen molar-refractivity contribution in [2.45, 2.75) is 19.6 Å². The molecule has 0 spiro atoms. The Labute approximate surface area is 147 Å². The van der Waals surface area contributed by atoms with Crippen LogP contribution >= 0.6 is 0 Å². The van der Waals surface area contributed by atoms with Gasteiger partial charge in [-0.25, -0.2) is 4.98 Å². The van der Waals surface area contributed by atoms with Gasteiger partial charge in [-0.05, 0) is 30.7 Å². The van der Waals surface area contributed by atoms with E-state index >= 15 is 0 Å². The average Bonchev–Trinajstić information content (AvgIpc) is 3.11. The third-order valence-corrected chi connectivity index (χ3v) is 3.81. The van der Waals surface area contributed by atoms with Crippen LogP contribution in [0.25, 0.3) is 11.3 Å². The van der Waals surface area contributed by atoms with Crippen LogP contribution in [-0.2, 0) is 6.54 Å². The third kappa shape index (κ3) is 4.92. The lowest BCUT2D eigenvalue weighted by Crippen LogP contribution is -2.20. The van der Waals surface area contributed by atoms with Crippen LogP contribution in [0.2, 0.25) is 0 Å². The van der Waals surface area contributed by atoms with Crippen molar-refractivity contribution in [2.75, 3.05) is 13.2 Å². The van der Waals surface area contributed by atoms with Crippen LogP contribution in [0.1, 0.15) is 24.4 Å². The summed E-state index contributed by atoms with van der Waals surface area (Å²) in [5, 5.41) is 12.8. The minimum atomic E-state index is -0.460. The van der Waals surface area contributed by atoms with Crippen molar-refractivity contribution in [1.29, 1.82) is 0 Å². The number of nitrogens with zero attached hydrogens (tertiary/aromatic N) is 1. The van der Waals surface area contributed by atoms with Gasteiger partial charge < -0.3 is 19.6 Å². The number of aliphatic hydroxyl groups excluding tert-OH is 1. The minimum Gasteiger partial charge on any atom is -0.476 e. The van der Waals surface area contributed by atoms with Crippen LogP contribution in [0.5, 0.6) is 5.88 Å². The normalized spacial score (nSPS) is 12.1. The zero-order valence-corrected chi connectivity index (χ0v) is 14.2. The Morgan fingerprint density at radius 2 is 1.96 bits per heavy atom. The fourth-order valence-electron chi connectivity index (χ4n) is 2.43. The number of aromatic nitrogens is 1. The summed E-state index contributed by atoms with van der Waals surface area (Å²) in [6.45, 7) is 3.64. The van der Waals surface area contributed by atoms with Gasteiger partial charge in [0.2, 0.25) is 5.88 Å². The van der Waals surface area contributed by atoms with Crippen molar-refractivity contribution in [2.24, 2.45) is 0 Å². The van der Waals surface area contributed by atoms with E-state index < -0.39 is 6.10 Å². The molecule has 1 atom stereocenters. The second-order valence-electron chi connectivity index (χ2n) is 5.76. The van der Waals surface area contributed by atoms with Crippen molar-refractivity contribution in [1.82, 2.24) is 10.3 Å². The van der Waals surface area contributed by atoms with E-state index in [-0.39, 0.29) is 0 Å². The first kappa shape index (κ1) is 17.2. The zero-order valence-electron chi connectivity index (χ0n) is 14.2. The molecule has 0 bridgehead atoms. The Morgan fingerprint density at radius 3 is 2.68 bits per heavy atom. The molecule has 0 saturated heterocycles. The summed E-state index contributed by atoms with van der Waals surface area (Å²) in [5.74, 6) is 2.32. The van der Waals surface area contributed by atoms with Gasteiger partial charge in [-0.1, -0.05) is 30.3 Å². The van der Waals surface area contributed by atoms with Crippen molar-refractivity contribution in [3.63, 3.8) is 0 Å². The van der Waals surface area contributed by atoms with E-state index in [4.69, 9.17) is 9.15 Å². The molecule has 5 nitrogen and oxygen atoms in total. The molecule has 0 saturated carbocycles. The summed E-state index contributed by atoms with van der Waals surface area (Å²) >= 11 is 0. The van der Waals surface area contributed by atoms with E-state index in [1.54, 1.807) is 13.1 Å². The third-order valence-electron chi connectivity index (χ3n) is 3.81. The molecule has 3 aromatic rings. The second kappa shape index (κ2) is 8.46. The molecule has 2 N–H and O–H groups in total. The molecule has 0 fully saturated rings. The summed E-state index contributed by atoms with van der Waals surface area (Å²) in [6.07, 6.45) is 1.25. The van der Waals surface area contributed by atoms with Crippen LogP contribution < -0.4 is 10.1 Å². The number of aliphatic hydroxyl groups is 1. The monoisotopic (exact) mass is 338 g/mol. The highest BCUT2D eigenvalue weighted by molar-refractivity contribution is 5.58. The molecule has 2 aromatic heterocycles. The number of nitrogens with one attached hydrogen (secondary N) is 1. The van der Waals surface area contributed by atoms with Gasteiger partial charge in [0, 0.05) is 24.4 Å². The van der Waals surface area contributed by atoms with Crippen molar-refractivity contribution < 1.29 is 14.3 Å². The van der Waals surface area contributed by atoms with Crippen molar-refractivity contribution >= 4 is 0 Å². The second-order valence-corrected chi connectivity index (χ2v) is 5.76. The lowest BCUT2D eigenvalue weighted by molar-refractivity contribution is 0.199. The number of hydrogen-bond donors (Lipinski definition) is 2. The van der Waals surface area contributed by atoms with Crippen molar-refractivity contribution in [3.8, 4) is 17.2 Å². The number of pyridine rings is 1. The summed E-state index contributed by atoms with van der Waals surface area (Å²) in [7, 11) is 0. The van der Waals surface area contributed by atoms with Gasteiger partial charge in [0.1, 0.15) is 18.1 Å². The molecule has 3 rings (SSSR count). The largest absolute Gasteiger partial charge is 0.476 e. The highest BCUT2D eigenvalue weighted by atomic mass is 16.5. The van der Waals surface area contributed by atoms with Gasteiger partial charge in [0.15, 0.2) is 0 Å². The smallest absolute Gasteiger partial charge is 0.213 e. The zero-order chi connectivity index (χ0) is 17.5. The van der Waals surface area contributed by atoms with E-state index in [9.17, 15) is 5.11 Å². The van der Waals surface area contributed by atoms with Crippen LogP contribution in [0, 0.1) is 0 Å². The van der Waals surface area contributed by atoms with E-state index in [0.29, 0.717) is 25.6 Å². The van der Waals surface area contributed by atoms with E-state index in [0.717, 1.165) is 22.6 Å². The summed E-state index contributed by atoms with van der Waals surface area (Å²) in [6, 6.07) is 17.2. The topological polar surface area (TPSA) is 67.5 Å². The van der Waals surface area contributed by atoms with Gasteiger partial charge in [0.05, 0.1) is 12.6 Å². The van der Waals surface area contributed by atoms with Crippen LogP contribution in [0.3, 0.4) is 0 Å². The molecule has 1 aromatic carbocycles. The number of hydrogen-bond acceptors (Lipinski definition) is 5. The van der Waals surface area contributed by atoms with Crippen molar-refractivity contribution in [3.05, 3.63) is 72.1 Å². The molecule has 2 heterocycles. The fourth-order valence-corrected chi connectivity index (χ4v) is 2.43. The SMILES string of the molecule is C[C@H](O)c1ccc(-c2ccc(CNCCOc3ccccn3)o2)cc1. The van der Waals surface area contributed by atoms with E-state index in [1.807, 2.05) is 54.6 Å². The maximum Gasteiger partial charge on any atom is 0.213 e. The van der Waals surface area contributed by atoms with E-state index in [2.05, 4.69) is 10.3 Å². The minimum absolute atomic E-state index is 0.460. The number of ether oxygens (including phenoxy) is 1. The Kier molecular flexibility index (Phi) is 5.82. The molecule has 0 aliphatic rings. The maximum atomic E-state index is 9.56. The van der Waals surface area contributed by atoms with Crippen LogP contribution in [-0.4, -0.2) is 23.2 Å². The molecular weight excluding hydrogens is 316 g/mol. The predicted molar refractivity (Wildman–Crippen MR) is 96.2 cm³/mol. The Hall–Kier alpha value is -2.63. The molecule has 0 unspecified atom stereocenters. The molecule has 0 aliphatic heterocycles. The molecular formula is C20H22N2O3. The summed E-state index contributed by atoms with van der Waals surface area (Å²) in [5.41, 5.74) is 1.89. The van der Waals surface area contributed by atoms with Crippen LogP contribution in [0.15, 0.2) is 65.2 Å². The Balaban J connectivity index is 1.45. The van der Waals surface area contributed by atoms with Gasteiger partial charge in [-0.3, -0.25) is 0 Å². The number of rotatable bonds is 8. The summed E-state index contributed by atoms with van der Waals surface area (Å²) in [4.78, 5) is 4.10. The molecule has 130 valence electrons. The lowest BCUT2D eigenvalue weighted by atomic mass is 10.1. The molecule has 25 heavy (non-hydrogen) atoms. The first-order valence-corrected chi connectivity index (χ1v) is 8.34. The maximum absolute atomic E-state index is 9.56. The lowest BCUT2D eigenvalue weighted by Gasteiger charge is -2.06. The molecule has 0 amide bonds. The average molecular weight is 338 g/mol. The summed E-state index contributed by atoms with van der Waals surface area (Å²) < 4.78 is 11.4. The highest BCUT2D eigenvalue weighted by Crippen LogP contribution is 2.24. The van der Waals surface area contributed by atoms with Gasteiger partial charge in [0.25, 0.3) is 0 Å². The fraction of sp³-hybridized carbons (Fsp3) is 0.250.